The maximum atomic E-state index is 13.6. The molecule has 0 aliphatic rings. The molecule has 1 heterocycles. The quantitative estimate of drug-likeness (QED) is 0.696. The zero-order valence-corrected chi connectivity index (χ0v) is 14.4. The van der Waals surface area contributed by atoms with E-state index < -0.39 is 5.82 Å². The first-order valence-electron chi connectivity index (χ1n) is 7.14. The van der Waals surface area contributed by atoms with Crippen molar-refractivity contribution in [2.24, 2.45) is 11.3 Å². The van der Waals surface area contributed by atoms with Crippen LogP contribution in [0.25, 0.3) is 11.0 Å². The second kappa shape index (κ2) is 6.13. The highest BCUT2D eigenvalue weighted by Crippen LogP contribution is 2.30. The van der Waals surface area contributed by atoms with Crippen molar-refractivity contribution < 1.29 is 4.39 Å². The van der Waals surface area contributed by atoms with Crippen LogP contribution in [0.1, 0.15) is 33.5 Å². The summed E-state index contributed by atoms with van der Waals surface area (Å²) in [5, 5.41) is 0.129. The minimum absolute atomic E-state index is 0.129. The third kappa shape index (κ3) is 3.51. The summed E-state index contributed by atoms with van der Waals surface area (Å²) in [7, 11) is 0. The molecule has 0 fully saturated rings. The molecular weight excluding hydrogens is 310 g/mol. The number of fused-ring (bicyclic) bond motifs is 1. The Morgan fingerprint density at radius 3 is 2.57 bits per heavy atom. The van der Waals surface area contributed by atoms with E-state index in [2.05, 4.69) is 37.2 Å². The van der Waals surface area contributed by atoms with Gasteiger partial charge in [-0.25, -0.2) is 9.37 Å². The Bertz CT molecular complexity index is 644. The molecule has 0 saturated heterocycles. The molecule has 21 heavy (non-hydrogen) atoms. The van der Waals surface area contributed by atoms with Crippen molar-refractivity contribution >= 4 is 34.2 Å². The first-order valence-corrected chi connectivity index (χ1v) is 8.05. The predicted molar refractivity (Wildman–Crippen MR) is 87.7 cm³/mol. The van der Waals surface area contributed by atoms with Gasteiger partial charge in [0, 0.05) is 24.9 Å². The normalized spacial score (nSPS) is 13.9. The molecule has 1 aromatic heterocycles. The average Bonchev–Trinajstić information content (AvgIpc) is 2.67. The van der Waals surface area contributed by atoms with E-state index in [0.717, 1.165) is 17.9 Å². The lowest BCUT2D eigenvalue weighted by molar-refractivity contribution is 0.233. The highest BCUT2D eigenvalue weighted by atomic mass is 35.5. The molecule has 1 atom stereocenters. The monoisotopic (exact) mass is 330 g/mol. The molecule has 0 aliphatic carbocycles. The van der Waals surface area contributed by atoms with Crippen LogP contribution in [-0.4, -0.2) is 15.4 Å². The van der Waals surface area contributed by atoms with Crippen molar-refractivity contribution in [1.82, 2.24) is 9.55 Å². The summed E-state index contributed by atoms with van der Waals surface area (Å²) in [5.74, 6) is 1.38. The number of benzene rings is 1. The maximum Gasteiger partial charge on any atom is 0.144 e. The summed E-state index contributed by atoms with van der Waals surface area (Å²) in [6, 6.07) is 3.06. The molecule has 2 nitrogen and oxygen atoms in total. The first kappa shape index (κ1) is 16.6. The largest absolute Gasteiger partial charge is 0.328 e. The van der Waals surface area contributed by atoms with Crippen molar-refractivity contribution in [2.75, 3.05) is 5.88 Å². The number of imidazole rings is 1. The molecule has 0 radical (unpaired) electrons. The summed E-state index contributed by atoms with van der Waals surface area (Å²) >= 11 is 11.8. The molecule has 0 bridgehead atoms. The molecule has 116 valence electrons. The van der Waals surface area contributed by atoms with Crippen LogP contribution in [0.3, 0.4) is 0 Å². The highest BCUT2D eigenvalue weighted by Gasteiger charge is 2.23. The Labute approximate surface area is 135 Å². The van der Waals surface area contributed by atoms with Gasteiger partial charge in [-0.15, -0.1) is 11.6 Å². The fraction of sp³-hybridized carbons (Fsp3) is 0.562. The molecule has 1 aromatic carbocycles. The molecule has 0 aliphatic heterocycles. The van der Waals surface area contributed by atoms with Crippen molar-refractivity contribution in [2.45, 2.75) is 40.7 Å². The van der Waals surface area contributed by atoms with Crippen LogP contribution >= 0.6 is 23.2 Å². The molecule has 0 amide bonds. The molecule has 2 rings (SSSR count). The smallest absolute Gasteiger partial charge is 0.144 e. The second-order valence-corrected chi connectivity index (χ2v) is 7.38. The molecule has 0 spiro atoms. The minimum Gasteiger partial charge on any atom is -0.328 e. The van der Waals surface area contributed by atoms with E-state index in [9.17, 15) is 4.39 Å². The maximum absolute atomic E-state index is 13.6. The average molecular weight is 331 g/mol. The van der Waals surface area contributed by atoms with E-state index in [1.807, 2.05) is 0 Å². The zero-order valence-electron chi connectivity index (χ0n) is 12.9. The van der Waals surface area contributed by atoms with Crippen molar-refractivity contribution in [1.29, 1.82) is 0 Å². The van der Waals surface area contributed by atoms with Crippen LogP contribution in [0.4, 0.5) is 4.39 Å². The summed E-state index contributed by atoms with van der Waals surface area (Å²) in [6.45, 7) is 9.66. The third-order valence-electron chi connectivity index (χ3n) is 4.12. The van der Waals surface area contributed by atoms with Gasteiger partial charge >= 0.3 is 0 Å². The SMILES string of the molecule is CC(Cn1c(CCCl)nc2cc(F)c(Cl)cc21)C(C)(C)C. The summed E-state index contributed by atoms with van der Waals surface area (Å²) in [5.41, 5.74) is 1.69. The topological polar surface area (TPSA) is 17.8 Å². The predicted octanol–water partition coefficient (Wildman–Crippen LogP) is 5.29. The van der Waals surface area contributed by atoms with Gasteiger partial charge in [-0.3, -0.25) is 0 Å². The number of aromatic nitrogens is 2. The highest BCUT2D eigenvalue weighted by molar-refractivity contribution is 6.31. The molecule has 0 N–H and O–H groups in total. The number of nitrogens with zero attached hydrogens (tertiary/aromatic N) is 2. The van der Waals surface area contributed by atoms with Gasteiger partial charge in [0.2, 0.25) is 0 Å². The summed E-state index contributed by atoms with van der Waals surface area (Å²) in [4.78, 5) is 4.52. The van der Waals surface area contributed by atoms with E-state index in [4.69, 9.17) is 23.2 Å². The Balaban J connectivity index is 2.53. The summed E-state index contributed by atoms with van der Waals surface area (Å²) in [6.07, 6.45) is 0.659. The van der Waals surface area contributed by atoms with Crippen molar-refractivity contribution in [3.63, 3.8) is 0 Å². The number of rotatable bonds is 4. The third-order valence-corrected chi connectivity index (χ3v) is 4.60. The van der Waals surface area contributed by atoms with Gasteiger partial charge in [0.1, 0.15) is 11.6 Å². The van der Waals surface area contributed by atoms with Gasteiger partial charge < -0.3 is 4.57 Å². The van der Waals surface area contributed by atoms with Gasteiger partial charge in [0.25, 0.3) is 0 Å². The Morgan fingerprint density at radius 2 is 2.00 bits per heavy atom. The Kier molecular flexibility index (Phi) is 4.84. The van der Waals surface area contributed by atoms with Crippen LogP contribution in [0.5, 0.6) is 0 Å². The second-order valence-electron chi connectivity index (χ2n) is 6.60. The number of hydrogen-bond acceptors (Lipinski definition) is 1. The van der Waals surface area contributed by atoms with Gasteiger partial charge in [-0.1, -0.05) is 39.3 Å². The van der Waals surface area contributed by atoms with E-state index in [-0.39, 0.29) is 10.4 Å². The number of halogens is 3. The minimum atomic E-state index is -0.435. The van der Waals surface area contributed by atoms with Gasteiger partial charge in [-0.2, -0.15) is 0 Å². The molecule has 0 saturated carbocycles. The van der Waals surface area contributed by atoms with Gasteiger partial charge in [-0.05, 0) is 17.4 Å². The lowest BCUT2D eigenvalue weighted by Crippen LogP contribution is -2.23. The van der Waals surface area contributed by atoms with Crippen LogP contribution in [0.15, 0.2) is 12.1 Å². The standard InChI is InChI=1S/C16H21Cl2FN2/c1-10(16(2,3)4)9-21-14-7-11(18)12(19)8-13(14)20-15(21)5-6-17/h7-8,10H,5-6,9H2,1-4H3. The first-order chi connectivity index (χ1) is 9.74. The van der Waals surface area contributed by atoms with E-state index >= 15 is 0 Å². The van der Waals surface area contributed by atoms with Crippen LogP contribution < -0.4 is 0 Å². The van der Waals surface area contributed by atoms with Crippen molar-refractivity contribution in [3.05, 3.63) is 28.8 Å². The van der Waals surface area contributed by atoms with Gasteiger partial charge in [0.15, 0.2) is 0 Å². The number of aryl methyl sites for hydroxylation is 1. The van der Waals surface area contributed by atoms with Crippen LogP contribution in [0.2, 0.25) is 5.02 Å². The lowest BCUT2D eigenvalue weighted by Gasteiger charge is -2.28. The van der Waals surface area contributed by atoms with Crippen molar-refractivity contribution in [3.8, 4) is 0 Å². The Hall–Kier alpha value is -0.800. The fourth-order valence-electron chi connectivity index (χ4n) is 2.20. The van der Waals surface area contributed by atoms with E-state index in [1.54, 1.807) is 6.07 Å². The fourth-order valence-corrected chi connectivity index (χ4v) is 2.52. The molecule has 1 unspecified atom stereocenters. The molecule has 2 aromatic rings. The van der Waals surface area contributed by atoms with Crippen LogP contribution in [-0.2, 0) is 13.0 Å². The Morgan fingerprint density at radius 1 is 1.33 bits per heavy atom. The molecular formula is C16H21Cl2FN2. The van der Waals surface area contributed by atoms with E-state index in [1.165, 1.54) is 6.07 Å². The number of hydrogen-bond donors (Lipinski definition) is 0. The lowest BCUT2D eigenvalue weighted by atomic mass is 9.82. The number of alkyl halides is 1. The zero-order chi connectivity index (χ0) is 15.8. The van der Waals surface area contributed by atoms with Crippen LogP contribution in [0, 0.1) is 17.2 Å². The molecule has 5 heteroatoms. The van der Waals surface area contributed by atoms with Gasteiger partial charge in [0.05, 0.1) is 16.1 Å². The van der Waals surface area contributed by atoms with E-state index in [0.29, 0.717) is 23.7 Å². The summed E-state index contributed by atoms with van der Waals surface area (Å²) < 4.78 is 15.7.